The summed E-state index contributed by atoms with van der Waals surface area (Å²) in [6.07, 6.45) is 0. The predicted molar refractivity (Wildman–Crippen MR) is 56.5 cm³/mol. The molecule has 0 saturated carbocycles. The van der Waals surface area contributed by atoms with Crippen LogP contribution in [0.25, 0.3) is 11.3 Å². The minimum atomic E-state index is 0.341. The molecule has 0 radical (unpaired) electrons. The number of hydrogen-bond acceptors (Lipinski definition) is 2. The van der Waals surface area contributed by atoms with Gasteiger partial charge >= 0.3 is 0 Å². The molecule has 0 aliphatic heterocycles. The Bertz CT molecular complexity index is 439. The molecule has 0 unspecified atom stereocenters. The Kier molecular flexibility index (Phi) is 2.75. The van der Waals surface area contributed by atoms with Crippen LogP contribution < -0.4 is 0 Å². The quantitative estimate of drug-likeness (QED) is 0.732. The van der Waals surface area contributed by atoms with Crippen molar-refractivity contribution < 1.29 is 4.52 Å². The molecule has 2 nitrogen and oxygen atoms in total. The molecule has 1 aromatic carbocycles. The van der Waals surface area contributed by atoms with Crippen molar-refractivity contribution in [3.05, 3.63) is 41.0 Å². The van der Waals surface area contributed by atoms with Gasteiger partial charge in [-0.25, -0.2) is 0 Å². The lowest BCUT2D eigenvalue weighted by Crippen LogP contribution is -1.74. The van der Waals surface area contributed by atoms with Crippen LogP contribution in [-0.4, -0.2) is 5.16 Å². The van der Waals surface area contributed by atoms with Crippen LogP contribution in [0.5, 0.6) is 0 Å². The summed E-state index contributed by atoms with van der Waals surface area (Å²) >= 11 is 11.6. The topological polar surface area (TPSA) is 26.0 Å². The average Bonchev–Trinajstić information content (AvgIpc) is 2.67. The van der Waals surface area contributed by atoms with Crippen LogP contribution in [0.4, 0.5) is 0 Å². The highest BCUT2D eigenvalue weighted by atomic mass is 35.5. The standard InChI is InChI=1S/C10H7Cl2NO/c11-6-7-5-10(14-13-7)8-3-1-2-4-9(8)12/h1-5H,6H2. The molecule has 0 bridgehead atoms. The van der Waals surface area contributed by atoms with Gasteiger partial charge in [0.2, 0.25) is 0 Å². The zero-order valence-corrected chi connectivity index (χ0v) is 8.72. The van der Waals surface area contributed by atoms with E-state index in [1.807, 2.05) is 18.2 Å². The summed E-state index contributed by atoms with van der Waals surface area (Å²) in [7, 11) is 0. The highest BCUT2D eigenvalue weighted by Crippen LogP contribution is 2.28. The highest BCUT2D eigenvalue weighted by Gasteiger charge is 2.08. The van der Waals surface area contributed by atoms with Crippen LogP contribution in [0.2, 0.25) is 5.02 Å². The lowest BCUT2D eigenvalue weighted by molar-refractivity contribution is 0.426. The number of hydrogen-bond donors (Lipinski definition) is 0. The van der Waals surface area contributed by atoms with Gasteiger partial charge in [-0.1, -0.05) is 28.9 Å². The zero-order chi connectivity index (χ0) is 9.97. The average molecular weight is 228 g/mol. The van der Waals surface area contributed by atoms with Crippen molar-refractivity contribution >= 4 is 23.2 Å². The molecule has 72 valence electrons. The lowest BCUT2D eigenvalue weighted by atomic mass is 10.2. The third kappa shape index (κ3) is 1.76. The van der Waals surface area contributed by atoms with Gasteiger partial charge in [0, 0.05) is 11.6 Å². The van der Waals surface area contributed by atoms with Gasteiger partial charge in [0.1, 0.15) is 0 Å². The van der Waals surface area contributed by atoms with Crippen molar-refractivity contribution in [1.82, 2.24) is 5.16 Å². The lowest BCUT2D eigenvalue weighted by Gasteiger charge is -1.96. The number of halogens is 2. The van der Waals surface area contributed by atoms with E-state index in [0.717, 1.165) is 5.56 Å². The van der Waals surface area contributed by atoms with Crippen molar-refractivity contribution in [3.63, 3.8) is 0 Å². The van der Waals surface area contributed by atoms with E-state index in [9.17, 15) is 0 Å². The van der Waals surface area contributed by atoms with Crippen molar-refractivity contribution in [2.45, 2.75) is 5.88 Å². The summed E-state index contributed by atoms with van der Waals surface area (Å²) in [5.74, 6) is 0.986. The zero-order valence-electron chi connectivity index (χ0n) is 7.21. The largest absolute Gasteiger partial charge is 0.356 e. The van der Waals surface area contributed by atoms with Crippen LogP contribution in [0, 0.1) is 0 Å². The van der Waals surface area contributed by atoms with E-state index in [-0.39, 0.29) is 0 Å². The minimum absolute atomic E-state index is 0.341. The molecule has 0 atom stereocenters. The Morgan fingerprint density at radius 3 is 2.71 bits per heavy atom. The maximum atomic E-state index is 5.99. The molecule has 0 aliphatic carbocycles. The monoisotopic (exact) mass is 227 g/mol. The normalized spacial score (nSPS) is 10.4. The fourth-order valence-electron chi connectivity index (χ4n) is 1.16. The minimum Gasteiger partial charge on any atom is -0.356 e. The molecule has 0 fully saturated rings. The maximum absolute atomic E-state index is 5.99. The van der Waals surface area contributed by atoms with E-state index in [4.69, 9.17) is 27.7 Å². The molecular formula is C10H7Cl2NO. The molecule has 2 aromatic rings. The summed E-state index contributed by atoms with van der Waals surface area (Å²) in [6.45, 7) is 0. The Labute approximate surface area is 91.4 Å². The summed E-state index contributed by atoms with van der Waals surface area (Å²) in [4.78, 5) is 0. The number of rotatable bonds is 2. The molecule has 0 amide bonds. The Morgan fingerprint density at radius 1 is 1.29 bits per heavy atom. The second-order valence-electron chi connectivity index (χ2n) is 2.80. The van der Waals surface area contributed by atoms with Gasteiger partial charge < -0.3 is 4.52 Å². The molecular weight excluding hydrogens is 221 g/mol. The van der Waals surface area contributed by atoms with E-state index in [1.165, 1.54) is 0 Å². The summed E-state index contributed by atoms with van der Waals surface area (Å²) in [5, 5.41) is 4.43. The van der Waals surface area contributed by atoms with E-state index in [0.29, 0.717) is 22.4 Å². The number of benzene rings is 1. The van der Waals surface area contributed by atoms with Crippen LogP contribution >= 0.6 is 23.2 Å². The summed E-state index contributed by atoms with van der Waals surface area (Å²) < 4.78 is 5.10. The Balaban J connectivity index is 2.44. The summed E-state index contributed by atoms with van der Waals surface area (Å²) in [5.41, 5.74) is 1.54. The van der Waals surface area contributed by atoms with Crippen molar-refractivity contribution in [3.8, 4) is 11.3 Å². The smallest absolute Gasteiger partial charge is 0.168 e. The Morgan fingerprint density at radius 2 is 2.07 bits per heavy atom. The molecule has 0 aliphatic rings. The molecule has 1 heterocycles. The maximum Gasteiger partial charge on any atom is 0.168 e. The molecule has 1 aromatic heterocycles. The SMILES string of the molecule is ClCc1cc(-c2ccccc2Cl)on1. The van der Waals surface area contributed by atoms with E-state index in [2.05, 4.69) is 5.16 Å². The first-order chi connectivity index (χ1) is 6.81. The fourth-order valence-corrected chi connectivity index (χ4v) is 1.52. The number of alkyl halides is 1. The van der Waals surface area contributed by atoms with Gasteiger partial charge in [-0.3, -0.25) is 0 Å². The van der Waals surface area contributed by atoms with Gasteiger partial charge in [-0.2, -0.15) is 0 Å². The Hall–Kier alpha value is -0.990. The second-order valence-corrected chi connectivity index (χ2v) is 3.47. The molecule has 14 heavy (non-hydrogen) atoms. The van der Waals surface area contributed by atoms with Crippen LogP contribution in [0.1, 0.15) is 5.69 Å². The predicted octanol–water partition coefficient (Wildman–Crippen LogP) is 3.73. The van der Waals surface area contributed by atoms with Crippen LogP contribution in [0.3, 0.4) is 0 Å². The summed E-state index contributed by atoms with van der Waals surface area (Å²) in [6, 6.07) is 9.23. The van der Waals surface area contributed by atoms with E-state index < -0.39 is 0 Å². The van der Waals surface area contributed by atoms with Crippen LogP contribution in [0.15, 0.2) is 34.9 Å². The molecule has 0 spiro atoms. The van der Waals surface area contributed by atoms with Crippen molar-refractivity contribution in [2.75, 3.05) is 0 Å². The second kappa shape index (κ2) is 4.03. The molecule has 4 heteroatoms. The first-order valence-corrected chi connectivity index (χ1v) is 4.99. The fraction of sp³-hybridized carbons (Fsp3) is 0.100. The van der Waals surface area contributed by atoms with Crippen LogP contribution in [-0.2, 0) is 5.88 Å². The third-order valence-corrected chi connectivity index (χ3v) is 2.44. The molecule has 0 saturated heterocycles. The third-order valence-electron chi connectivity index (χ3n) is 1.84. The molecule has 0 N–H and O–H groups in total. The van der Waals surface area contributed by atoms with E-state index in [1.54, 1.807) is 12.1 Å². The first-order valence-electron chi connectivity index (χ1n) is 4.07. The van der Waals surface area contributed by atoms with Crippen molar-refractivity contribution in [2.24, 2.45) is 0 Å². The van der Waals surface area contributed by atoms with E-state index >= 15 is 0 Å². The van der Waals surface area contributed by atoms with Gasteiger partial charge in [-0.15, -0.1) is 11.6 Å². The number of aromatic nitrogens is 1. The van der Waals surface area contributed by atoms with Gasteiger partial charge in [0.05, 0.1) is 16.6 Å². The van der Waals surface area contributed by atoms with Gasteiger partial charge in [0.15, 0.2) is 5.76 Å². The van der Waals surface area contributed by atoms with Gasteiger partial charge in [0.25, 0.3) is 0 Å². The number of nitrogens with zero attached hydrogens (tertiary/aromatic N) is 1. The van der Waals surface area contributed by atoms with Crippen molar-refractivity contribution in [1.29, 1.82) is 0 Å². The molecule has 2 rings (SSSR count). The highest BCUT2D eigenvalue weighted by molar-refractivity contribution is 6.33. The van der Waals surface area contributed by atoms with Gasteiger partial charge in [-0.05, 0) is 12.1 Å². The first kappa shape index (κ1) is 9.56.